The van der Waals surface area contributed by atoms with Gasteiger partial charge in [0.2, 0.25) is 0 Å². The zero-order valence-corrected chi connectivity index (χ0v) is 16.8. The summed E-state index contributed by atoms with van der Waals surface area (Å²) in [5, 5.41) is 0. The van der Waals surface area contributed by atoms with E-state index in [2.05, 4.69) is 29.2 Å². The molecule has 0 bridgehead atoms. The minimum absolute atomic E-state index is 0.0376. The maximum absolute atomic E-state index is 8.42. The van der Waals surface area contributed by atoms with Gasteiger partial charge in [-0.25, -0.2) is 0 Å². The van der Waals surface area contributed by atoms with Gasteiger partial charge in [0.1, 0.15) is 23.0 Å². The maximum atomic E-state index is 8.42. The number of rotatable bonds is 2. The van der Waals surface area contributed by atoms with E-state index in [9.17, 15) is 0 Å². The van der Waals surface area contributed by atoms with Gasteiger partial charge in [-0.15, -0.1) is 0 Å². The van der Waals surface area contributed by atoms with Crippen molar-refractivity contribution in [2.45, 2.75) is 19.7 Å². The smallest absolute Gasteiger partial charge is 0.260 e. The Kier molecular flexibility index (Phi) is 3.53. The average molecular weight is 390 g/mol. The molecule has 0 radical (unpaired) electrons. The second-order valence-corrected chi connectivity index (χ2v) is 8.00. The van der Waals surface area contributed by atoms with E-state index in [4.69, 9.17) is 10.8 Å². The van der Waals surface area contributed by atoms with E-state index in [-0.39, 0.29) is 6.71 Å². The summed E-state index contributed by atoms with van der Waals surface area (Å²) in [6, 6.07) is 24.3. The number of hydrogen-bond donors (Lipinski definition) is 0. The van der Waals surface area contributed by atoms with E-state index < -0.39 is 5.89 Å². The fourth-order valence-electron chi connectivity index (χ4n) is 4.49. The zero-order valence-electron chi connectivity index (χ0n) is 17.8. The molecule has 0 saturated heterocycles. The highest BCUT2D eigenvalue weighted by molar-refractivity contribution is 6.98. The molecule has 0 atom stereocenters. The Hall–Kier alpha value is -3.53. The molecule has 0 N–H and O–H groups in total. The lowest BCUT2D eigenvalue weighted by molar-refractivity contribution is 0.465. The van der Waals surface area contributed by atoms with Crippen LogP contribution in [0.1, 0.15) is 26.7 Å². The largest absolute Gasteiger partial charge is 0.458 e. The molecule has 1 aromatic heterocycles. The molecule has 0 unspecified atom stereocenters. The minimum atomic E-state index is -0.700. The summed E-state index contributed by atoms with van der Waals surface area (Å²) in [6.45, 7) is 3.82. The van der Waals surface area contributed by atoms with Crippen LogP contribution in [0, 0.1) is 0 Å². The van der Waals surface area contributed by atoms with Gasteiger partial charge in [-0.1, -0.05) is 50.2 Å². The number of benzene rings is 3. The monoisotopic (exact) mass is 390 g/mol. The third-order valence-corrected chi connectivity index (χ3v) is 5.95. The van der Waals surface area contributed by atoms with Gasteiger partial charge in [-0.2, -0.15) is 0 Å². The number of pyridine rings is 1. The van der Waals surface area contributed by atoms with Gasteiger partial charge in [0.25, 0.3) is 6.71 Å². The third kappa shape index (κ3) is 2.50. The molecule has 4 heteroatoms. The first-order valence-corrected chi connectivity index (χ1v) is 10.2. The zero-order chi connectivity index (χ0) is 21.2. The standard InChI is InChI=1S/C26H20BNO2/c1-16(2)17-13-14-28-21(15-17)18-7-5-9-20-26(18)30-24-12-6-11-23-25(24)27(20)19-8-3-4-10-22(19)29-23/h3-16H,1-2H3/i16D. The summed E-state index contributed by atoms with van der Waals surface area (Å²) >= 11 is 0. The number of nitrogens with zero attached hydrogens (tertiary/aromatic N) is 1. The first kappa shape index (κ1) is 16.3. The third-order valence-electron chi connectivity index (χ3n) is 5.95. The van der Waals surface area contributed by atoms with E-state index >= 15 is 0 Å². The van der Waals surface area contributed by atoms with Crippen LogP contribution in [0.25, 0.3) is 11.3 Å². The van der Waals surface area contributed by atoms with Crippen molar-refractivity contribution in [3.05, 3.63) is 84.6 Å². The minimum Gasteiger partial charge on any atom is -0.458 e. The summed E-state index contributed by atoms with van der Waals surface area (Å²) in [6.07, 6.45) is 1.78. The van der Waals surface area contributed by atoms with Crippen molar-refractivity contribution in [3.63, 3.8) is 0 Å². The number of ether oxygens (including phenoxy) is 2. The summed E-state index contributed by atoms with van der Waals surface area (Å²) in [7, 11) is 0. The highest BCUT2D eigenvalue weighted by atomic mass is 16.5. The van der Waals surface area contributed by atoms with E-state index in [0.717, 1.165) is 56.2 Å². The molecule has 2 aliphatic rings. The van der Waals surface area contributed by atoms with Crippen LogP contribution in [0.5, 0.6) is 23.0 Å². The van der Waals surface area contributed by atoms with Crippen molar-refractivity contribution in [2.24, 2.45) is 0 Å². The topological polar surface area (TPSA) is 31.4 Å². The van der Waals surface area contributed by atoms with Gasteiger partial charge in [0.05, 0.1) is 5.69 Å². The molecule has 0 fully saturated rings. The van der Waals surface area contributed by atoms with E-state index in [0.29, 0.717) is 0 Å². The Morgan fingerprint density at radius 3 is 2.43 bits per heavy atom. The van der Waals surface area contributed by atoms with Crippen molar-refractivity contribution >= 4 is 23.1 Å². The Bertz CT molecular complexity index is 1350. The lowest BCUT2D eigenvalue weighted by Crippen LogP contribution is -2.57. The Morgan fingerprint density at radius 2 is 1.57 bits per heavy atom. The van der Waals surface area contributed by atoms with Gasteiger partial charge in [-0.05, 0) is 58.8 Å². The van der Waals surface area contributed by atoms with Crippen LogP contribution < -0.4 is 25.9 Å². The van der Waals surface area contributed by atoms with Crippen LogP contribution >= 0.6 is 0 Å². The van der Waals surface area contributed by atoms with Crippen molar-refractivity contribution in [2.75, 3.05) is 0 Å². The SMILES string of the molecule is [2H]C(C)(C)c1ccnc(-c2cccc3c2Oc2cccc4c2B3c2ccccc2O4)c1. The molecule has 0 saturated carbocycles. The molecule has 0 spiro atoms. The Labute approximate surface area is 177 Å². The second-order valence-electron chi connectivity index (χ2n) is 8.00. The first-order valence-electron chi connectivity index (χ1n) is 10.7. The molecule has 6 rings (SSSR count). The molecular weight excluding hydrogens is 369 g/mol. The van der Waals surface area contributed by atoms with Crippen molar-refractivity contribution in [3.8, 4) is 34.3 Å². The summed E-state index contributed by atoms with van der Waals surface area (Å²) in [5.74, 6) is 2.66. The fraction of sp³-hybridized carbons (Fsp3) is 0.115. The Morgan fingerprint density at radius 1 is 0.833 bits per heavy atom. The van der Waals surface area contributed by atoms with Crippen molar-refractivity contribution in [1.29, 1.82) is 0 Å². The molecule has 0 amide bonds. The molecule has 3 nitrogen and oxygen atoms in total. The molecule has 2 aliphatic heterocycles. The summed E-state index contributed by atoms with van der Waals surface area (Å²) < 4.78 is 21.1. The van der Waals surface area contributed by atoms with E-state index in [1.165, 1.54) is 0 Å². The second kappa shape index (κ2) is 6.49. The summed E-state index contributed by atoms with van der Waals surface area (Å²) in [4.78, 5) is 4.63. The normalized spacial score (nSPS) is 13.9. The fourth-order valence-corrected chi connectivity index (χ4v) is 4.49. The quantitative estimate of drug-likeness (QED) is 0.405. The van der Waals surface area contributed by atoms with Crippen LogP contribution in [0.3, 0.4) is 0 Å². The summed E-state index contributed by atoms with van der Waals surface area (Å²) in [5.41, 5.74) is 5.98. The van der Waals surface area contributed by atoms with Gasteiger partial charge in [0, 0.05) is 18.6 Å². The van der Waals surface area contributed by atoms with Gasteiger partial charge >= 0.3 is 0 Å². The van der Waals surface area contributed by atoms with Gasteiger partial charge < -0.3 is 9.47 Å². The van der Waals surface area contributed by atoms with Crippen LogP contribution in [0.4, 0.5) is 0 Å². The molecule has 144 valence electrons. The number of hydrogen-bond acceptors (Lipinski definition) is 3. The lowest BCUT2D eigenvalue weighted by Gasteiger charge is -2.33. The van der Waals surface area contributed by atoms with Crippen LogP contribution in [0.2, 0.25) is 0 Å². The van der Waals surface area contributed by atoms with Crippen molar-refractivity contribution in [1.82, 2.24) is 4.98 Å². The number of para-hydroxylation sites is 2. The van der Waals surface area contributed by atoms with Gasteiger partial charge in [-0.3, -0.25) is 4.98 Å². The number of fused-ring (bicyclic) bond motifs is 4. The van der Waals surface area contributed by atoms with Crippen LogP contribution in [-0.4, -0.2) is 11.7 Å². The molecule has 30 heavy (non-hydrogen) atoms. The molecule has 3 aromatic carbocycles. The average Bonchev–Trinajstić information content (AvgIpc) is 2.78. The first-order chi connectivity index (χ1) is 15.0. The predicted molar refractivity (Wildman–Crippen MR) is 121 cm³/mol. The van der Waals surface area contributed by atoms with E-state index in [1.54, 1.807) is 6.20 Å². The highest BCUT2D eigenvalue weighted by Gasteiger charge is 2.40. The molecule has 0 aliphatic carbocycles. The number of aromatic nitrogens is 1. The lowest BCUT2D eigenvalue weighted by atomic mass is 9.34. The molecule has 4 aromatic rings. The highest BCUT2D eigenvalue weighted by Crippen LogP contribution is 2.38. The van der Waals surface area contributed by atoms with Crippen molar-refractivity contribution < 1.29 is 10.8 Å². The van der Waals surface area contributed by atoms with E-state index in [1.807, 2.05) is 62.4 Å². The van der Waals surface area contributed by atoms with Gasteiger partial charge in [0.15, 0.2) is 0 Å². The molecular formula is C26H20BNO2. The Balaban J connectivity index is 1.59. The predicted octanol–water partition coefficient (Wildman–Crippen LogP) is 4.60. The van der Waals surface area contributed by atoms with Crippen LogP contribution in [-0.2, 0) is 0 Å². The van der Waals surface area contributed by atoms with Crippen LogP contribution in [0.15, 0.2) is 79.0 Å². The maximum Gasteiger partial charge on any atom is 0.260 e. The molecule has 3 heterocycles.